The number of esters is 1. The van der Waals surface area contributed by atoms with Crippen molar-refractivity contribution < 1.29 is 31.8 Å². The van der Waals surface area contributed by atoms with Crippen LogP contribution in [0.4, 0.5) is 17.6 Å². The van der Waals surface area contributed by atoms with E-state index in [0.717, 1.165) is 0 Å². The molecule has 2 fully saturated rings. The summed E-state index contributed by atoms with van der Waals surface area (Å²) in [5.41, 5.74) is 0.000304. The van der Waals surface area contributed by atoms with Gasteiger partial charge in [0.05, 0.1) is 7.11 Å². The summed E-state index contributed by atoms with van der Waals surface area (Å²) in [4.78, 5) is 10.9. The first-order chi connectivity index (χ1) is 11.2. The Balaban J connectivity index is 1.59. The molecule has 1 spiro atoms. The Kier molecular flexibility index (Phi) is 4.19. The number of methoxy groups -OCH3 is 1. The van der Waals surface area contributed by atoms with E-state index < -0.39 is 23.8 Å². The van der Waals surface area contributed by atoms with Crippen molar-refractivity contribution in [3.8, 4) is 5.75 Å². The van der Waals surface area contributed by atoms with E-state index in [9.17, 15) is 22.4 Å². The van der Waals surface area contributed by atoms with Gasteiger partial charge in [0.1, 0.15) is 11.6 Å². The third kappa shape index (κ3) is 2.94. The molecular formula is C16H17F4NO3. The number of hydrogen-bond acceptors (Lipinski definition) is 4. The predicted molar refractivity (Wildman–Crippen MR) is 75.8 cm³/mol. The highest BCUT2D eigenvalue weighted by atomic mass is 19.4. The van der Waals surface area contributed by atoms with Gasteiger partial charge >= 0.3 is 12.1 Å². The van der Waals surface area contributed by atoms with Gasteiger partial charge in [-0.05, 0) is 37.3 Å². The first kappa shape index (κ1) is 17.0. The number of benzene rings is 1. The highest BCUT2D eigenvalue weighted by Gasteiger charge is 2.58. The second-order valence-electron chi connectivity index (χ2n) is 6.43. The Hall–Kier alpha value is -1.83. The molecule has 1 aromatic carbocycles. The molecule has 2 aliphatic rings. The summed E-state index contributed by atoms with van der Waals surface area (Å²) >= 11 is 0. The van der Waals surface area contributed by atoms with Gasteiger partial charge < -0.3 is 9.47 Å². The second kappa shape index (κ2) is 5.91. The number of alkyl halides is 3. The van der Waals surface area contributed by atoms with Crippen molar-refractivity contribution >= 4 is 5.97 Å². The van der Waals surface area contributed by atoms with Crippen molar-refractivity contribution in [2.45, 2.75) is 31.7 Å². The van der Waals surface area contributed by atoms with Crippen LogP contribution in [0.15, 0.2) is 18.2 Å². The average molecular weight is 347 g/mol. The second-order valence-corrected chi connectivity index (χ2v) is 6.43. The number of nitrogens with one attached hydrogen (secondary N) is 1. The largest absolute Gasteiger partial charge is 0.496 e. The van der Waals surface area contributed by atoms with Gasteiger partial charge in [0.15, 0.2) is 6.23 Å². The molecule has 1 heterocycles. The fraction of sp³-hybridized carbons (Fsp3) is 0.562. The molecule has 0 bridgehead atoms. The van der Waals surface area contributed by atoms with Crippen LogP contribution in [-0.4, -0.2) is 32.0 Å². The molecule has 8 heteroatoms. The van der Waals surface area contributed by atoms with E-state index in [4.69, 9.17) is 4.74 Å². The molecule has 1 N–H and O–H groups in total. The highest BCUT2D eigenvalue weighted by Crippen LogP contribution is 2.54. The lowest BCUT2D eigenvalue weighted by molar-refractivity contribution is -0.233. The summed E-state index contributed by atoms with van der Waals surface area (Å²) in [6.07, 6.45) is -4.33. The number of carbonyl (C=O) groups excluding carboxylic acids is 1. The lowest BCUT2D eigenvalue weighted by Gasteiger charge is -2.58. The standard InChI is InChI=1S/C16H17F4NO3/c1-23-12-4-2-3-11(17)10(12)5-9-6-15(7-9)8-21-13(15)24-14(22)16(18,19)20/h2-4,9,13,21H,5-8H2,1H3. The van der Waals surface area contributed by atoms with E-state index >= 15 is 0 Å². The Morgan fingerprint density at radius 3 is 2.62 bits per heavy atom. The summed E-state index contributed by atoms with van der Waals surface area (Å²) in [5.74, 6) is -1.96. The summed E-state index contributed by atoms with van der Waals surface area (Å²) in [6.45, 7) is 0.494. The molecule has 1 aromatic rings. The smallest absolute Gasteiger partial charge is 0.490 e. The maximum Gasteiger partial charge on any atom is 0.490 e. The van der Waals surface area contributed by atoms with Gasteiger partial charge in [-0.2, -0.15) is 13.2 Å². The molecule has 1 unspecified atom stereocenters. The predicted octanol–water partition coefficient (Wildman–Crippen LogP) is 2.81. The number of halogens is 4. The highest BCUT2D eigenvalue weighted by molar-refractivity contribution is 5.75. The lowest BCUT2D eigenvalue weighted by atomic mass is 9.56. The van der Waals surface area contributed by atoms with Gasteiger partial charge in [0, 0.05) is 17.5 Å². The third-order valence-corrected chi connectivity index (χ3v) is 4.83. The first-order valence-corrected chi connectivity index (χ1v) is 7.58. The molecule has 0 radical (unpaired) electrons. The molecule has 1 aliphatic carbocycles. The lowest BCUT2D eigenvalue weighted by Crippen LogP contribution is -2.69. The zero-order valence-corrected chi connectivity index (χ0v) is 13.0. The molecule has 1 aliphatic heterocycles. The van der Waals surface area contributed by atoms with Crippen LogP contribution in [0.1, 0.15) is 18.4 Å². The van der Waals surface area contributed by atoms with Crippen LogP contribution in [0.2, 0.25) is 0 Å². The minimum atomic E-state index is -5.00. The zero-order chi connectivity index (χ0) is 17.5. The van der Waals surface area contributed by atoms with Crippen LogP contribution in [0, 0.1) is 17.2 Å². The molecule has 132 valence electrons. The molecule has 3 rings (SSSR count). The number of ether oxygens (including phenoxy) is 2. The normalized spacial score (nSPS) is 28.9. The Labute approximate surface area is 136 Å². The van der Waals surface area contributed by atoms with Gasteiger partial charge in [-0.15, -0.1) is 0 Å². The minimum Gasteiger partial charge on any atom is -0.496 e. The quantitative estimate of drug-likeness (QED) is 0.672. The zero-order valence-electron chi connectivity index (χ0n) is 13.0. The van der Waals surface area contributed by atoms with Crippen LogP contribution in [-0.2, 0) is 16.0 Å². The van der Waals surface area contributed by atoms with Gasteiger partial charge in [-0.3, -0.25) is 5.32 Å². The van der Waals surface area contributed by atoms with E-state index in [-0.39, 0.29) is 11.7 Å². The molecule has 1 saturated heterocycles. The molecule has 24 heavy (non-hydrogen) atoms. The van der Waals surface area contributed by atoms with Crippen LogP contribution in [0.3, 0.4) is 0 Å². The van der Waals surface area contributed by atoms with Crippen molar-refractivity contribution in [3.63, 3.8) is 0 Å². The molecule has 1 atom stereocenters. The van der Waals surface area contributed by atoms with Crippen molar-refractivity contribution in [2.24, 2.45) is 11.3 Å². The van der Waals surface area contributed by atoms with E-state index in [1.54, 1.807) is 12.1 Å². The number of rotatable bonds is 4. The Morgan fingerprint density at radius 1 is 1.38 bits per heavy atom. The van der Waals surface area contributed by atoms with Gasteiger partial charge in [0.2, 0.25) is 0 Å². The van der Waals surface area contributed by atoms with Crippen LogP contribution < -0.4 is 10.1 Å². The average Bonchev–Trinajstić information content (AvgIpc) is 2.46. The maximum absolute atomic E-state index is 13.9. The SMILES string of the molecule is COc1cccc(F)c1CC1CC2(CNC2OC(=O)C(F)(F)F)C1. The number of carbonyl (C=O) groups is 1. The topological polar surface area (TPSA) is 47.6 Å². The van der Waals surface area contributed by atoms with E-state index in [0.29, 0.717) is 37.1 Å². The van der Waals surface area contributed by atoms with Crippen LogP contribution >= 0.6 is 0 Å². The number of hydrogen-bond donors (Lipinski definition) is 1. The van der Waals surface area contributed by atoms with E-state index in [1.165, 1.54) is 13.2 Å². The van der Waals surface area contributed by atoms with Gasteiger partial charge in [-0.1, -0.05) is 6.07 Å². The maximum atomic E-state index is 13.9. The van der Waals surface area contributed by atoms with Crippen LogP contribution in [0.25, 0.3) is 0 Å². The molecule has 0 amide bonds. The fourth-order valence-electron chi connectivity index (χ4n) is 3.62. The van der Waals surface area contributed by atoms with Crippen molar-refractivity contribution in [3.05, 3.63) is 29.6 Å². The van der Waals surface area contributed by atoms with Gasteiger partial charge in [-0.25, -0.2) is 9.18 Å². The summed E-state index contributed by atoms with van der Waals surface area (Å²) < 4.78 is 60.4. The van der Waals surface area contributed by atoms with Crippen molar-refractivity contribution in [1.29, 1.82) is 0 Å². The van der Waals surface area contributed by atoms with Crippen LogP contribution in [0.5, 0.6) is 5.75 Å². The Bertz CT molecular complexity index is 641. The third-order valence-electron chi connectivity index (χ3n) is 4.83. The van der Waals surface area contributed by atoms with E-state index in [1.807, 2.05) is 0 Å². The van der Waals surface area contributed by atoms with Crippen molar-refractivity contribution in [2.75, 3.05) is 13.7 Å². The van der Waals surface area contributed by atoms with Crippen molar-refractivity contribution in [1.82, 2.24) is 5.32 Å². The first-order valence-electron chi connectivity index (χ1n) is 7.58. The molecular weight excluding hydrogens is 330 g/mol. The molecule has 1 saturated carbocycles. The van der Waals surface area contributed by atoms with Gasteiger partial charge in [0.25, 0.3) is 0 Å². The fourth-order valence-corrected chi connectivity index (χ4v) is 3.62. The summed E-state index contributed by atoms with van der Waals surface area (Å²) in [7, 11) is 1.46. The molecule has 0 aromatic heterocycles. The summed E-state index contributed by atoms with van der Waals surface area (Å²) in [6, 6.07) is 4.58. The molecule has 4 nitrogen and oxygen atoms in total. The Morgan fingerprint density at radius 2 is 2.08 bits per heavy atom. The minimum absolute atomic E-state index is 0.116. The monoisotopic (exact) mass is 347 g/mol. The summed E-state index contributed by atoms with van der Waals surface area (Å²) in [5, 5.41) is 2.72. The van der Waals surface area contributed by atoms with E-state index in [2.05, 4.69) is 10.1 Å².